The fourth-order valence-electron chi connectivity index (χ4n) is 5.62. The Hall–Kier alpha value is -3.89. The van der Waals surface area contributed by atoms with Crippen molar-refractivity contribution in [3.63, 3.8) is 0 Å². The number of alkyl halides is 1. The second-order valence-corrected chi connectivity index (χ2v) is 11.2. The van der Waals surface area contributed by atoms with Crippen LogP contribution in [-0.2, 0) is 16.7 Å². The second kappa shape index (κ2) is 11.5. The summed E-state index contributed by atoms with van der Waals surface area (Å²) in [5, 5.41) is 8.89. The highest BCUT2D eigenvalue weighted by Gasteiger charge is 2.34. The largest absolute Gasteiger partial charge is 0.381 e. The molecule has 2 fully saturated rings. The first-order valence-corrected chi connectivity index (χ1v) is 14.1. The number of halogens is 1. The number of aromatic nitrogens is 4. The van der Waals surface area contributed by atoms with Gasteiger partial charge in [0.2, 0.25) is 5.82 Å². The third-order valence-corrected chi connectivity index (χ3v) is 8.38. The van der Waals surface area contributed by atoms with Gasteiger partial charge in [-0.15, -0.1) is 0 Å². The van der Waals surface area contributed by atoms with E-state index in [1.54, 1.807) is 0 Å². The van der Waals surface area contributed by atoms with Gasteiger partial charge >= 0.3 is 0 Å². The molecule has 0 unspecified atom stereocenters. The Kier molecular flexibility index (Phi) is 7.68. The Morgan fingerprint density at radius 2 is 1.78 bits per heavy atom. The number of benzene rings is 2. The minimum Gasteiger partial charge on any atom is -0.381 e. The molecule has 2 aliphatic heterocycles. The van der Waals surface area contributed by atoms with Crippen LogP contribution in [0, 0.1) is 6.92 Å². The van der Waals surface area contributed by atoms with Crippen LogP contribution in [0.4, 0.5) is 4.39 Å². The predicted octanol–water partition coefficient (Wildman–Crippen LogP) is 4.36. The topological polar surface area (TPSA) is 89.5 Å². The zero-order chi connectivity index (χ0) is 28.4. The maximum atomic E-state index is 14.0. The van der Waals surface area contributed by atoms with Gasteiger partial charge in [-0.1, -0.05) is 41.6 Å². The summed E-state index contributed by atoms with van der Waals surface area (Å²) in [5.41, 5.74) is 4.49. The van der Waals surface area contributed by atoms with Gasteiger partial charge in [0, 0.05) is 61.6 Å². The molecule has 0 aliphatic carbocycles. The number of aryl methyl sites for hydroxylation is 1. The molecule has 4 heterocycles. The van der Waals surface area contributed by atoms with Crippen LogP contribution in [0.2, 0.25) is 0 Å². The van der Waals surface area contributed by atoms with E-state index in [0.717, 1.165) is 48.6 Å². The summed E-state index contributed by atoms with van der Waals surface area (Å²) >= 11 is 0. The smallest absolute Gasteiger partial charge is 0.278 e. The van der Waals surface area contributed by atoms with Crippen molar-refractivity contribution in [1.29, 1.82) is 0 Å². The molecule has 10 heteroatoms. The second-order valence-electron chi connectivity index (χ2n) is 11.2. The van der Waals surface area contributed by atoms with E-state index in [4.69, 9.17) is 14.4 Å². The molecule has 0 radical (unpaired) electrons. The Labute approximate surface area is 238 Å². The molecule has 214 valence electrons. The monoisotopic (exact) mass is 558 g/mol. The van der Waals surface area contributed by atoms with Gasteiger partial charge in [-0.2, -0.15) is 10.1 Å². The number of hydrogen-bond acceptors (Lipinski definition) is 7. The quantitative estimate of drug-likeness (QED) is 0.333. The molecule has 2 saturated heterocycles. The normalized spacial score (nSPS) is 17.6. The number of likely N-dealkylation sites (N-methyl/N-ethyl adjacent to an activating group) is 1. The maximum Gasteiger partial charge on any atom is 0.278 e. The highest BCUT2D eigenvalue weighted by molar-refractivity contribution is 5.94. The molecule has 0 N–H and O–H groups in total. The molecule has 2 aromatic carbocycles. The number of nitrogens with zero attached hydrogens (tertiary/aromatic N) is 6. The first kappa shape index (κ1) is 27.3. The van der Waals surface area contributed by atoms with Crippen molar-refractivity contribution in [2.75, 3.05) is 53.1 Å². The van der Waals surface area contributed by atoms with E-state index in [0.29, 0.717) is 55.6 Å². The van der Waals surface area contributed by atoms with Gasteiger partial charge in [0.05, 0.1) is 13.2 Å². The molecule has 0 atom stereocenters. The Morgan fingerprint density at radius 3 is 2.51 bits per heavy atom. The molecule has 2 aromatic heterocycles. The minimum atomic E-state index is -0.485. The standard InChI is InChI=1S/C31H35FN6O3/c1-22-18-27(34-38(22)20-23-4-3-5-25(19-23)30(39)37-14-12-36(2)13-15-37)29-33-28(35-41-29)24-6-8-26(9-7-24)31(21-32)10-16-40-17-11-31/h3-9,18-19H,10-17,20-21H2,1-2H3. The molecule has 41 heavy (non-hydrogen) atoms. The Bertz CT molecular complexity index is 1500. The number of ether oxygens (including phenoxy) is 1. The number of carbonyl (C=O) groups is 1. The molecule has 0 spiro atoms. The van der Waals surface area contributed by atoms with E-state index in [9.17, 15) is 9.18 Å². The molecule has 0 saturated carbocycles. The molecule has 2 aliphatic rings. The number of amides is 1. The third-order valence-electron chi connectivity index (χ3n) is 8.38. The third kappa shape index (κ3) is 5.67. The van der Waals surface area contributed by atoms with Crippen LogP contribution in [0.25, 0.3) is 23.0 Å². The number of carbonyl (C=O) groups excluding carboxylic acids is 1. The fourth-order valence-corrected chi connectivity index (χ4v) is 5.62. The van der Waals surface area contributed by atoms with Gasteiger partial charge in [-0.3, -0.25) is 13.9 Å². The zero-order valence-electron chi connectivity index (χ0n) is 23.6. The molecule has 0 bridgehead atoms. The van der Waals surface area contributed by atoms with Gasteiger partial charge in [-0.05, 0) is 56.1 Å². The van der Waals surface area contributed by atoms with Gasteiger partial charge < -0.3 is 19.1 Å². The van der Waals surface area contributed by atoms with Crippen molar-refractivity contribution >= 4 is 5.91 Å². The van der Waals surface area contributed by atoms with E-state index in [1.807, 2.05) is 71.1 Å². The first-order valence-electron chi connectivity index (χ1n) is 14.1. The lowest BCUT2D eigenvalue weighted by Gasteiger charge is -2.35. The van der Waals surface area contributed by atoms with Crippen LogP contribution in [0.15, 0.2) is 59.1 Å². The van der Waals surface area contributed by atoms with Crippen molar-refractivity contribution in [3.05, 3.63) is 77.0 Å². The van der Waals surface area contributed by atoms with Crippen LogP contribution in [0.1, 0.15) is 40.0 Å². The molecular formula is C31H35FN6O3. The lowest BCUT2D eigenvalue weighted by molar-refractivity contribution is 0.0402. The average molecular weight is 559 g/mol. The van der Waals surface area contributed by atoms with Gasteiger partial charge in [-0.25, -0.2) is 0 Å². The van der Waals surface area contributed by atoms with E-state index in [1.165, 1.54) is 0 Å². The van der Waals surface area contributed by atoms with Crippen molar-refractivity contribution in [2.24, 2.45) is 0 Å². The van der Waals surface area contributed by atoms with Crippen LogP contribution in [0.5, 0.6) is 0 Å². The van der Waals surface area contributed by atoms with Crippen LogP contribution in [-0.4, -0.2) is 88.7 Å². The summed E-state index contributed by atoms with van der Waals surface area (Å²) < 4.78 is 26.9. The van der Waals surface area contributed by atoms with Crippen LogP contribution in [0.3, 0.4) is 0 Å². The SMILES string of the molecule is Cc1cc(-c2nc(-c3ccc(C4(CF)CCOCC4)cc3)no2)nn1Cc1cccc(C(=O)N2CCN(C)CC2)c1. The molecular weight excluding hydrogens is 523 g/mol. The summed E-state index contributed by atoms with van der Waals surface area (Å²) in [6.07, 6.45) is 1.35. The highest BCUT2D eigenvalue weighted by Crippen LogP contribution is 2.36. The lowest BCUT2D eigenvalue weighted by Crippen LogP contribution is -2.47. The number of piperazine rings is 1. The van der Waals surface area contributed by atoms with Crippen molar-refractivity contribution in [1.82, 2.24) is 29.7 Å². The van der Waals surface area contributed by atoms with E-state index < -0.39 is 12.1 Å². The Balaban J connectivity index is 1.15. The predicted molar refractivity (Wildman–Crippen MR) is 152 cm³/mol. The summed E-state index contributed by atoms with van der Waals surface area (Å²) in [4.78, 5) is 21.8. The Morgan fingerprint density at radius 1 is 1.02 bits per heavy atom. The summed E-state index contributed by atoms with van der Waals surface area (Å²) in [5.74, 6) is 0.849. The first-order chi connectivity index (χ1) is 19.9. The average Bonchev–Trinajstić information content (AvgIpc) is 3.65. The molecule has 9 nitrogen and oxygen atoms in total. The number of rotatable bonds is 7. The van der Waals surface area contributed by atoms with E-state index in [2.05, 4.69) is 22.1 Å². The van der Waals surface area contributed by atoms with Crippen molar-refractivity contribution in [2.45, 2.75) is 31.7 Å². The van der Waals surface area contributed by atoms with Crippen molar-refractivity contribution < 1.29 is 18.4 Å². The summed E-state index contributed by atoms with van der Waals surface area (Å²) in [7, 11) is 2.08. The molecule has 6 rings (SSSR count). The highest BCUT2D eigenvalue weighted by atomic mass is 19.1. The van der Waals surface area contributed by atoms with Crippen LogP contribution >= 0.6 is 0 Å². The van der Waals surface area contributed by atoms with E-state index >= 15 is 0 Å². The van der Waals surface area contributed by atoms with Gasteiger partial charge in [0.1, 0.15) is 0 Å². The summed E-state index contributed by atoms with van der Waals surface area (Å²) in [6, 6.07) is 17.4. The maximum absolute atomic E-state index is 14.0. The summed E-state index contributed by atoms with van der Waals surface area (Å²) in [6.45, 7) is 6.50. The minimum absolute atomic E-state index is 0.0665. The van der Waals surface area contributed by atoms with Crippen LogP contribution < -0.4 is 0 Å². The van der Waals surface area contributed by atoms with E-state index in [-0.39, 0.29) is 5.91 Å². The zero-order valence-corrected chi connectivity index (χ0v) is 23.6. The molecule has 1 amide bonds. The van der Waals surface area contributed by atoms with Gasteiger partial charge in [0.25, 0.3) is 11.8 Å². The molecule has 4 aromatic rings. The fraction of sp³-hybridized carbons (Fsp3) is 0.419. The number of hydrogen-bond donors (Lipinski definition) is 0. The van der Waals surface area contributed by atoms with Gasteiger partial charge in [0.15, 0.2) is 5.69 Å². The lowest BCUT2D eigenvalue weighted by atomic mass is 9.75. The van der Waals surface area contributed by atoms with Crippen molar-refractivity contribution in [3.8, 4) is 23.0 Å².